The molecular formula is C26H35N7O2. The van der Waals surface area contributed by atoms with Crippen LogP contribution in [0.3, 0.4) is 0 Å². The molecule has 2 aliphatic rings. The summed E-state index contributed by atoms with van der Waals surface area (Å²) >= 11 is 0. The van der Waals surface area contributed by atoms with Crippen molar-refractivity contribution in [1.82, 2.24) is 24.8 Å². The number of hydrogen-bond donors (Lipinski definition) is 1. The Morgan fingerprint density at radius 3 is 2.49 bits per heavy atom. The van der Waals surface area contributed by atoms with Gasteiger partial charge in [0.1, 0.15) is 11.3 Å². The Hall–Kier alpha value is -3.04. The summed E-state index contributed by atoms with van der Waals surface area (Å²) in [6.07, 6.45) is 12.4. The molecule has 0 radical (unpaired) electrons. The van der Waals surface area contributed by atoms with E-state index in [4.69, 9.17) is 9.47 Å². The smallest absolute Gasteiger partial charge is 0.222 e. The van der Waals surface area contributed by atoms with Gasteiger partial charge >= 0.3 is 0 Å². The maximum Gasteiger partial charge on any atom is 0.222 e. The van der Waals surface area contributed by atoms with Gasteiger partial charge in [0.15, 0.2) is 0 Å². The zero-order chi connectivity index (χ0) is 24.0. The number of likely N-dealkylation sites (N-methyl/N-ethyl adjacent to an activating group) is 1. The van der Waals surface area contributed by atoms with Crippen LogP contribution in [0.15, 0.2) is 36.9 Å². The second-order valence-electron chi connectivity index (χ2n) is 9.67. The van der Waals surface area contributed by atoms with E-state index in [0.717, 1.165) is 93.0 Å². The van der Waals surface area contributed by atoms with Gasteiger partial charge in [0.2, 0.25) is 5.95 Å². The molecule has 186 valence electrons. The average Bonchev–Trinajstić information content (AvgIpc) is 2.90. The van der Waals surface area contributed by atoms with Crippen LogP contribution in [0.1, 0.15) is 31.2 Å². The lowest BCUT2D eigenvalue weighted by Crippen LogP contribution is -2.36. The lowest BCUT2D eigenvalue weighted by atomic mass is 9.93. The normalized spacial score (nSPS) is 20.8. The van der Waals surface area contributed by atoms with Crippen molar-refractivity contribution in [3.63, 3.8) is 0 Å². The summed E-state index contributed by atoms with van der Waals surface area (Å²) in [5.41, 5.74) is 3.98. The minimum atomic E-state index is 0.160. The van der Waals surface area contributed by atoms with E-state index in [9.17, 15) is 0 Å². The number of nitrogens with zero attached hydrogens (tertiary/aromatic N) is 6. The SMILES string of the molecule is CN(C)CCc1cnc(N[C@H]2CC[C@@H](Oc3cc(N4CCOCC4)cc4nccnc34)CC2)nc1. The molecule has 35 heavy (non-hydrogen) atoms. The highest BCUT2D eigenvalue weighted by Crippen LogP contribution is 2.33. The van der Waals surface area contributed by atoms with E-state index in [1.54, 1.807) is 12.4 Å². The molecular weight excluding hydrogens is 442 g/mol. The zero-order valence-electron chi connectivity index (χ0n) is 20.7. The molecule has 1 aliphatic heterocycles. The number of hydrogen-bond acceptors (Lipinski definition) is 9. The molecule has 1 aliphatic carbocycles. The number of fused-ring (bicyclic) bond motifs is 1. The van der Waals surface area contributed by atoms with Gasteiger partial charge in [0, 0.05) is 62.2 Å². The molecule has 1 aromatic carbocycles. The summed E-state index contributed by atoms with van der Waals surface area (Å²) in [4.78, 5) is 22.7. The van der Waals surface area contributed by atoms with Crippen molar-refractivity contribution in [3.05, 3.63) is 42.5 Å². The van der Waals surface area contributed by atoms with Gasteiger partial charge in [-0.25, -0.2) is 15.0 Å². The second-order valence-corrected chi connectivity index (χ2v) is 9.67. The van der Waals surface area contributed by atoms with Crippen LogP contribution in [0.4, 0.5) is 11.6 Å². The fourth-order valence-electron chi connectivity index (χ4n) is 4.72. The van der Waals surface area contributed by atoms with Crippen molar-refractivity contribution in [2.24, 2.45) is 0 Å². The largest absolute Gasteiger partial charge is 0.488 e. The van der Waals surface area contributed by atoms with Crippen LogP contribution < -0.4 is 15.0 Å². The molecule has 0 atom stereocenters. The summed E-state index contributed by atoms with van der Waals surface area (Å²) in [6, 6.07) is 4.59. The van der Waals surface area contributed by atoms with Crippen LogP contribution in [0.5, 0.6) is 5.75 Å². The molecule has 5 rings (SSSR count). The average molecular weight is 478 g/mol. The Labute approximate surface area is 206 Å². The predicted molar refractivity (Wildman–Crippen MR) is 137 cm³/mol. The van der Waals surface area contributed by atoms with E-state index in [1.807, 2.05) is 12.4 Å². The van der Waals surface area contributed by atoms with Gasteiger partial charge in [-0.05, 0) is 57.8 Å². The van der Waals surface area contributed by atoms with Crippen LogP contribution in [0.2, 0.25) is 0 Å². The highest BCUT2D eigenvalue weighted by Gasteiger charge is 2.24. The van der Waals surface area contributed by atoms with Crippen molar-refractivity contribution in [3.8, 4) is 5.75 Å². The molecule has 3 aromatic rings. The minimum absolute atomic E-state index is 0.160. The van der Waals surface area contributed by atoms with E-state index in [1.165, 1.54) is 0 Å². The van der Waals surface area contributed by atoms with Crippen molar-refractivity contribution >= 4 is 22.7 Å². The first-order valence-electron chi connectivity index (χ1n) is 12.6. The number of nitrogens with one attached hydrogen (secondary N) is 1. The number of morpholine rings is 1. The Morgan fingerprint density at radius 2 is 1.74 bits per heavy atom. The number of rotatable bonds is 8. The van der Waals surface area contributed by atoms with Crippen LogP contribution in [0.25, 0.3) is 11.0 Å². The second kappa shape index (κ2) is 11.1. The molecule has 2 aromatic heterocycles. The van der Waals surface area contributed by atoms with Gasteiger partial charge in [-0.3, -0.25) is 4.98 Å². The van der Waals surface area contributed by atoms with Gasteiger partial charge in [-0.1, -0.05) is 0 Å². The van der Waals surface area contributed by atoms with Crippen molar-refractivity contribution < 1.29 is 9.47 Å². The van der Waals surface area contributed by atoms with E-state index in [-0.39, 0.29) is 6.10 Å². The lowest BCUT2D eigenvalue weighted by Gasteiger charge is -2.31. The van der Waals surface area contributed by atoms with E-state index >= 15 is 0 Å². The van der Waals surface area contributed by atoms with Crippen LogP contribution in [-0.2, 0) is 11.2 Å². The molecule has 0 amide bonds. The monoisotopic (exact) mass is 477 g/mol. The Bertz CT molecular complexity index is 1090. The van der Waals surface area contributed by atoms with Crippen molar-refractivity contribution in [1.29, 1.82) is 0 Å². The topological polar surface area (TPSA) is 88.5 Å². The van der Waals surface area contributed by atoms with Crippen molar-refractivity contribution in [2.75, 3.05) is 57.2 Å². The Balaban J connectivity index is 1.19. The first-order chi connectivity index (χ1) is 17.1. The molecule has 3 heterocycles. The maximum atomic E-state index is 6.54. The first-order valence-corrected chi connectivity index (χ1v) is 12.6. The summed E-state index contributed by atoms with van der Waals surface area (Å²) < 4.78 is 12.1. The van der Waals surface area contributed by atoms with Gasteiger partial charge in [0.25, 0.3) is 0 Å². The van der Waals surface area contributed by atoms with Crippen molar-refractivity contribution in [2.45, 2.75) is 44.2 Å². The number of benzene rings is 1. The molecule has 0 unspecified atom stereocenters. The van der Waals surface area contributed by atoms with Crippen LogP contribution in [0, 0.1) is 0 Å². The van der Waals surface area contributed by atoms with Gasteiger partial charge < -0.3 is 24.6 Å². The molecule has 0 bridgehead atoms. The number of ether oxygens (including phenoxy) is 2. The predicted octanol–water partition coefficient (Wildman–Crippen LogP) is 3.16. The molecule has 2 fully saturated rings. The summed E-state index contributed by atoms with van der Waals surface area (Å²) in [6.45, 7) is 4.24. The summed E-state index contributed by atoms with van der Waals surface area (Å²) in [7, 11) is 4.15. The standard InChI is InChI=1S/C26H35N7O2/c1-32(2)10-7-19-17-29-26(30-18-19)31-20-3-5-22(6-4-20)35-24-16-21(33-11-13-34-14-12-33)15-23-25(24)28-9-8-27-23/h8-9,15-18,20,22H,3-7,10-14H2,1-2H3,(H,29,30,31)/t20-,22+. The third-order valence-electron chi connectivity index (χ3n) is 6.75. The van der Waals surface area contributed by atoms with E-state index < -0.39 is 0 Å². The molecule has 9 nitrogen and oxygen atoms in total. The fraction of sp³-hybridized carbons (Fsp3) is 0.538. The van der Waals surface area contributed by atoms with Crippen LogP contribution in [-0.4, -0.2) is 83.9 Å². The van der Waals surface area contributed by atoms with E-state index in [2.05, 4.69) is 61.3 Å². The summed E-state index contributed by atoms with van der Waals surface area (Å²) in [5, 5.41) is 3.51. The quantitative estimate of drug-likeness (QED) is 0.525. The van der Waals surface area contributed by atoms with Crippen LogP contribution >= 0.6 is 0 Å². The lowest BCUT2D eigenvalue weighted by molar-refractivity contribution is 0.122. The maximum absolute atomic E-state index is 6.54. The van der Waals surface area contributed by atoms with Gasteiger partial charge in [0.05, 0.1) is 24.8 Å². The minimum Gasteiger partial charge on any atom is -0.488 e. The first kappa shape index (κ1) is 23.7. The molecule has 9 heteroatoms. The van der Waals surface area contributed by atoms with E-state index in [0.29, 0.717) is 12.0 Å². The number of anilines is 2. The Kier molecular flexibility index (Phi) is 7.54. The molecule has 0 spiro atoms. The highest BCUT2D eigenvalue weighted by atomic mass is 16.5. The summed E-state index contributed by atoms with van der Waals surface area (Å²) in [5.74, 6) is 1.53. The third kappa shape index (κ3) is 6.15. The van der Waals surface area contributed by atoms with Gasteiger partial charge in [-0.2, -0.15) is 0 Å². The zero-order valence-corrected chi connectivity index (χ0v) is 20.7. The highest BCUT2D eigenvalue weighted by molar-refractivity contribution is 5.85. The van der Waals surface area contributed by atoms with Gasteiger partial charge in [-0.15, -0.1) is 0 Å². The molecule has 1 saturated heterocycles. The molecule has 1 saturated carbocycles. The Morgan fingerprint density at radius 1 is 1.00 bits per heavy atom. The fourth-order valence-corrected chi connectivity index (χ4v) is 4.72. The third-order valence-corrected chi connectivity index (χ3v) is 6.75. The number of aromatic nitrogens is 4. The molecule has 1 N–H and O–H groups in total.